The first-order valence-electron chi connectivity index (χ1n) is 3.69. The molecule has 62 valence electrons. The predicted octanol–water partition coefficient (Wildman–Crippen LogP) is 0.951. The third-order valence-electron chi connectivity index (χ3n) is 1.38. The lowest BCUT2D eigenvalue weighted by atomic mass is 10.1. The maximum absolute atomic E-state index is 10.6. The molecular weight excluding hydrogens is 152 g/mol. The largest absolute Gasteiger partial charge is 0.285 e. The quantitative estimate of drug-likeness (QED) is 0.342. The van der Waals surface area contributed by atoms with Crippen LogP contribution in [-0.4, -0.2) is 11.6 Å². The van der Waals surface area contributed by atoms with E-state index in [9.17, 15) is 9.59 Å². The number of ketones is 2. The van der Waals surface area contributed by atoms with Gasteiger partial charge in [0, 0.05) is 12.8 Å². The van der Waals surface area contributed by atoms with E-state index in [2.05, 4.69) is 0 Å². The van der Waals surface area contributed by atoms with Gasteiger partial charge < -0.3 is 0 Å². The Balaban J connectivity index is 3.36. The van der Waals surface area contributed by atoms with Crippen LogP contribution in [0.4, 0.5) is 0 Å². The minimum Gasteiger partial charge on any atom is -0.285 e. The number of unbranched alkanes of at least 4 members (excludes halogenated alkanes) is 1. The van der Waals surface area contributed by atoms with Crippen LogP contribution < -0.4 is 0 Å². The van der Waals surface area contributed by atoms with E-state index in [1.54, 1.807) is 0 Å². The molecule has 0 fully saturated rings. The Morgan fingerprint density at radius 3 is 1.50 bits per heavy atom. The van der Waals surface area contributed by atoms with Crippen LogP contribution in [0.5, 0.6) is 0 Å². The van der Waals surface area contributed by atoms with Crippen LogP contribution in [0, 0.1) is 24.7 Å². The summed E-state index contributed by atoms with van der Waals surface area (Å²) in [5, 5.41) is 0. The molecule has 0 aromatic carbocycles. The maximum Gasteiger partial charge on any atom is 0.205 e. The van der Waals surface area contributed by atoms with Crippen molar-refractivity contribution < 1.29 is 9.59 Å². The Morgan fingerprint density at radius 1 is 0.917 bits per heavy atom. The van der Waals surface area contributed by atoms with Crippen molar-refractivity contribution in [1.82, 2.24) is 0 Å². The highest BCUT2D eigenvalue weighted by molar-refractivity contribution is 5.95. The summed E-state index contributed by atoms with van der Waals surface area (Å²) in [5.74, 6) is 3.57. The molecule has 0 bridgehead atoms. The van der Waals surface area contributed by atoms with E-state index >= 15 is 0 Å². The third-order valence-corrected chi connectivity index (χ3v) is 1.38. The van der Waals surface area contributed by atoms with Gasteiger partial charge >= 0.3 is 0 Å². The Bertz CT molecular complexity index is 222. The number of rotatable bonds is 5. The van der Waals surface area contributed by atoms with E-state index < -0.39 is 0 Å². The number of Topliss-reactive ketones (excluding diaryl/α,β-unsaturated/α-hetero) is 2. The fourth-order valence-corrected chi connectivity index (χ4v) is 0.715. The van der Waals surface area contributed by atoms with E-state index in [0.29, 0.717) is 25.7 Å². The second kappa shape index (κ2) is 6.19. The van der Waals surface area contributed by atoms with Gasteiger partial charge in [0.1, 0.15) is 0 Å². The lowest BCUT2D eigenvalue weighted by Crippen LogP contribution is -1.95. The number of hydrogen-bond acceptors (Lipinski definition) is 2. The Morgan fingerprint density at radius 2 is 1.25 bits per heavy atom. The second-order valence-electron chi connectivity index (χ2n) is 2.34. The molecule has 0 aromatic rings. The monoisotopic (exact) mass is 162 g/mol. The van der Waals surface area contributed by atoms with Crippen LogP contribution in [-0.2, 0) is 9.59 Å². The van der Waals surface area contributed by atoms with Crippen LogP contribution in [0.1, 0.15) is 25.7 Å². The maximum atomic E-state index is 10.6. The fraction of sp³-hybridized carbons (Fsp3) is 0.400. The average Bonchev–Trinajstić information content (AvgIpc) is 2.11. The lowest BCUT2D eigenvalue weighted by molar-refractivity contribution is -0.115. The molecule has 0 spiro atoms. The van der Waals surface area contributed by atoms with Gasteiger partial charge in [0.2, 0.25) is 11.6 Å². The molecule has 2 nitrogen and oxygen atoms in total. The summed E-state index contributed by atoms with van der Waals surface area (Å²) in [6.45, 7) is 0. The molecule has 0 saturated heterocycles. The molecular formula is C10H10O2. The van der Waals surface area contributed by atoms with Crippen molar-refractivity contribution in [3.63, 3.8) is 0 Å². The first-order chi connectivity index (χ1) is 5.70. The molecule has 0 rings (SSSR count). The van der Waals surface area contributed by atoms with Crippen molar-refractivity contribution in [2.24, 2.45) is 0 Å². The molecule has 0 heterocycles. The van der Waals surface area contributed by atoms with E-state index in [4.69, 9.17) is 12.8 Å². The normalized spacial score (nSPS) is 8.17. The van der Waals surface area contributed by atoms with Gasteiger partial charge in [-0.1, -0.05) is 0 Å². The molecule has 0 unspecified atom stereocenters. The summed E-state index contributed by atoms with van der Waals surface area (Å²) in [7, 11) is 0. The highest BCUT2D eigenvalue weighted by Crippen LogP contribution is 2.00. The van der Waals surface area contributed by atoms with Crippen LogP contribution in [0.2, 0.25) is 0 Å². The van der Waals surface area contributed by atoms with Gasteiger partial charge in [0.25, 0.3) is 0 Å². The van der Waals surface area contributed by atoms with Crippen molar-refractivity contribution in [3.05, 3.63) is 0 Å². The highest BCUT2D eigenvalue weighted by atomic mass is 16.1. The zero-order valence-corrected chi connectivity index (χ0v) is 6.80. The molecule has 0 aliphatic heterocycles. The minimum atomic E-state index is -0.219. The van der Waals surface area contributed by atoms with Gasteiger partial charge in [-0.2, -0.15) is 0 Å². The third kappa shape index (κ3) is 5.26. The molecule has 0 aromatic heterocycles. The molecule has 12 heavy (non-hydrogen) atoms. The summed E-state index contributed by atoms with van der Waals surface area (Å²) >= 11 is 0. The molecule has 0 saturated carbocycles. The van der Waals surface area contributed by atoms with Gasteiger partial charge in [-0.15, -0.1) is 12.8 Å². The van der Waals surface area contributed by atoms with E-state index in [1.807, 2.05) is 11.8 Å². The molecule has 0 aliphatic carbocycles. The van der Waals surface area contributed by atoms with Gasteiger partial charge in [-0.3, -0.25) is 9.59 Å². The Hall–Kier alpha value is -1.54. The van der Waals surface area contributed by atoms with E-state index in [1.165, 1.54) is 0 Å². The number of carbonyl (C=O) groups is 2. The van der Waals surface area contributed by atoms with Gasteiger partial charge in [0.15, 0.2) is 0 Å². The molecule has 0 N–H and O–H groups in total. The molecule has 0 aliphatic rings. The number of carbonyl (C=O) groups excluding carboxylic acids is 2. The smallest absolute Gasteiger partial charge is 0.205 e. The van der Waals surface area contributed by atoms with Crippen LogP contribution in [0.15, 0.2) is 0 Å². The topological polar surface area (TPSA) is 34.1 Å². The predicted molar refractivity (Wildman–Crippen MR) is 46.1 cm³/mol. The Kier molecular flexibility index (Phi) is 5.39. The molecule has 0 atom stereocenters. The van der Waals surface area contributed by atoms with Gasteiger partial charge in [-0.05, 0) is 24.7 Å². The SMILES string of the molecule is C#CC(=O)CCCCC(=O)C#C. The van der Waals surface area contributed by atoms with Crippen LogP contribution >= 0.6 is 0 Å². The number of hydrogen-bond donors (Lipinski definition) is 0. The summed E-state index contributed by atoms with van der Waals surface area (Å²) in [5.41, 5.74) is 0. The number of terminal acetylenes is 2. The minimum absolute atomic E-state index is 0.219. The summed E-state index contributed by atoms with van der Waals surface area (Å²) in [6, 6.07) is 0. The Labute approximate surface area is 72.3 Å². The highest BCUT2D eigenvalue weighted by Gasteiger charge is 1.99. The first kappa shape index (κ1) is 10.5. The summed E-state index contributed by atoms with van der Waals surface area (Å²) < 4.78 is 0. The van der Waals surface area contributed by atoms with E-state index in [0.717, 1.165) is 0 Å². The average molecular weight is 162 g/mol. The molecule has 2 heteroatoms. The van der Waals surface area contributed by atoms with Crippen molar-refractivity contribution in [1.29, 1.82) is 0 Å². The second-order valence-corrected chi connectivity index (χ2v) is 2.34. The van der Waals surface area contributed by atoms with Crippen molar-refractivity contribution in [2.45, 2.75) is 25.7 Å². The van der Waals surface area contributed by atoms with Crippen LogP contribution in [0.25, 0.3) is 0 Å². The van der Waals surface area contributed by atoms with E-state index in [-0.39, 0.29) is 11.6 Å². The molecule has 0 amide bonds. The standard InChI is InChI=1S/C10H10O2/c1-3-9(11)7-5-6-8-10(12)4-2/h1-2H,5-8H2. The van der Waals surface area contributed by atoms with Crippen LogP contribution in [0.3, 0.4) is 0 Å². The van der Waals surface area contributed by atoms with Gasteiger partial charge in [0.05, 0.1) is 0 Å². The van der Waals surface area contributed by atoms with Crippen molar-refractivity contribution in [2.75, 3.05) is 0 Å². The zero-order chi connectivity index (χ0) is 9.40. The van der Waals surface area contributed by atoms with Crippen molar-refractivity contribution >= 4 is 11.6 Å². The summed E-state index contributed by atoms with van der Waals surface area (Å²) in [4.78, 5) is 21.1. The van der Waals surface area contributed by atoms with Gasteiger partial charge in [-0.25, -0.2) is 0 Å². The zero-order valence-electron chi connectivity index (χ0n) is 6.80. The fourth-order valence-electron chi connectivity index (χ4n) is 0.715. The summed E-state index contributed by atoms with van der Waals surface area (Å²) in [6.07, 6.45) is 11.6. The first-order valence-corrected chi connectivity index (χ1v) is 3.69. The molecule has 0 radical (unpaired) electrons. The lowest BCUT2D eigenvalue weighted by Gasteiger charge is -1.92. The van der Waals surface area contributed by atoms with Crippen molar-refractivity contribution in [3.8, 4) is 24.7 Å².